The van der Waals surface area contributed by atoms with Crippen LogP contribution in [0.4, 0.5) is 0 Å². The normalized spacial score (nSPS) is 13.6. The molecule has 0 saturated heterocycles. The van der Waals surface area contributed by atoms with Crippen molar-refractivity contribution in [1.82, 2.24) is 4.90 Å². The van der Waals surface area contributed by atoms with Crippen LogP contribution in [0.1, 0.15) is 11.8 Å². The topological polar surface area (TPSA) is 3.24 Å². The molecular formula is C9H13Cl2NS. The van der Waals surface area contributed by atoms with Crippen LogP contribution >= 0.6 is 34.5 Å². The van der Waals surface area contributed by atoms with Crippen molar-refractivity contribution < 1.29 is 0 Å². The molecule has 1 rings (SSSR count). The third kappa shape index (κ3) is 3.47. The maximum atomic E-state index is 5.83. The van der Waals surface area contributed by atoms with Crippen molar-refractivity contribution in [3.63, 3.8) is 0 Å². The minimum atomic E-state index is 0.405. The van der Waals surface area contributed by atoms with E-state index >= 15 is 0 Å². The van der Waals surface area contributed by atoms with Gasteiger partial charge < -0.3 is 0 Å². The zero-order valence-corrected chi connectivity index (χ0v) is 10.1. The van der Waals surface area contributed by atoms with Crippen LogP contribution in [0, 0.1) is 0 Å². The molecule has 1 atom stereocenters. The molecule has 0 radical (unpaired) electrons. The van der Waals surface area contributed by atoms with Crippen molar-refractivity contribution in [2.24, 2.45) is 0 Å². The molecule has 0 fully saturated rings. The minimum absolute atomic E-state index is 0.405. The van der Waals surface area contributed by atoms with Crippen LogP contribution in [0.25, 0.3) is 0 Å². The molecule has 1 unspecified atom stereocenters. The first-order valence-corrected chi connectivity index (χ1v) is 5.86. The van der Waals surface area contributed by atoms with E-state index in [0.717, 1.165) is 10.9 Å². The van der Waals surface area contributed by atoms with E-state index in [9.17, 15) is 0 Å². The quantitative estimate of drug-likeness (QED) is 0.726. The SMILES string of the molecule is CC(CCl)N(C)Cc1ccc(Cl)s1. The lowest BCUT2D eigenvalue weighted by molar-refractivity contribution is 0.271. The molecular weight excluding hydrogens is 225 g/mol. The molecule has 4 heteroatoms. The Morgan fingerprint density at radius 1 is 1.54 bits per heavy atom. The Bertz CT molecular complexity index is 262. The average Bonchev–Trinajstić information content (AvgIpc) is 2.49. The summed E-state index contributed by atoms with van der Waals surface area (Å²) < 4.78 is 0.849. The first-order valence-electron chi connectivity index (χ1n) is 4.14. The predicted molar refractivity (Wildman–Crippen MR) is 61.0 cm³/mol. The van der Waals surface area contributed by atoms with Gasteiger partial charge in [-0.25, -0.2) is 0 Å². The Labute approximate surface area is 93.3 Å². The van der Waals surface area contributed by atoms with Gasteiger partial charge >= 0.3 is 0 Å². The monoisotopic (exact) mass is 237 g/mol. The van der Waals surface area contributed by atoms with Gasteiger partial charge in [-0.3, -0.25) is 4.90 Å². The van der Waals surface area contributed by atoms with Crippen molar-refractivity contribution in [1.29, 1.82) is 0 Å². The standard InChI is InChI=1S/C9H13Cl2NS/c1-7(5-10)12(2)6-8-3-4-9(11)13-8/h3-4,7H,5-6H2,1-2H3. The lowest BCUT2D eigenvalue weighted by Crippen LogP contribution is -2.29. The van der Waals surface area contributed by atoms with Gasteiger partial charge in [0.15, 0.2) is 0 Å². The minimum Gasteiger partial charge on any atom is -0.297 e. The summed E-state index contributed by atoms with van der Waals surface area (Å²) in [6, 6.07) is 4.40. The van der Waals surface area contributed by atoms with Crippen molar-refractivity contribution in [2.75, 3.05) is 12.9 Å². The average molecular weight is 238 g/mol. The van der Waals surface area contributed by atoms with Crippen molar-refractivity contribution in [3.05, 3.63) is 21.3 Å². The largest absolute Gasteiger partial charge is 0.297 e. The first-order chi connectivity index (χ1) is 6.13. The fourth-order valence-corrected chi connectivity index (χ4v) is 2.34. The molecule has 0 aliphatic heterocycles. The van der Waals surface area contributed by atoms with Gasteiger partial charge in [0.1, 0.15) is 0 Å². The molecule has 0 aliphatic rings. The number of hydrogen-bond donors (Lipinski definition) is 0. The van der Waals surface area contributed by atoms with Crippen LogP contribution in [-0.4, -0.2) is 23.9 Å². The smallest absolute Gasteiger partial charge is 0.0931 e. The van der Waals surface area contributed by atoms with E-state index in [-0.39, 0.29) is 0 Å². The number of thiophene rings is 1. The summed E-state index contributed by atoms with van der Waals surface area (Å²) in [6.07, 6.45) is 0. The highest BCUT2D eigenvalue weighted by Gasteiger charge is 2.08. The van der Waals surface area contributed by atoms with Crippen molar-refractivity contribution in [2.45, 2.75) is 19.5 Å². The van der Waals surface area contributed by atoms with Gasteiger partial charge in [0, 0.05) is 23.3 Å². The number of nitrogens with zero attached hydrogens (tertiary/aromatic N) is 1. The van der Waals surface area contributed by atoms with Gasteiger partial charge in [-0.1, -0.05) is 11.6 Å². The third-order valence-electron chi connectivity index (χ3n) is 2.01. The highest BCUT2D eigenvalue weighted by molar-refractivity contribution is 7.16. The lowest BCUT2D eigenvalue weighted by atomic mass is 10.3. The summed E-state index contributed by atoms with van der Waals surface area (Å²) in [6.45, 7) is 3.04. The molecule has 0 bridgehead atoms. The summed E-state index contributed by atoms with van der Waals surface area (Å²) >= 11 is 13.2. The molecule has 1 heterocycles. The van der Waals surface area contributed by atoms with Gasteiger partial charge in [-0.05, 0) is 26.1 Å². The maximum absolute atomic E-state index is 5.83. The van der Waals surface area contributed by atoms with E-state index in [1.807, 2.05) is 6.07 Å². The van der Waals surface area contributed by atoms with Crippen LogP contribution < -0.4 is 0 Å². The Morgan fingerprint density at radius 2 is 2.23 bits per heavy atom. The van der Waals surface area contributed by atoms with Crippen molar-refractivity contribution in [3.8, 4) is 0 Å². The van der Waals surface area contributed by atoms with Crippen LogP contribution in [0.2, 0.25) is 4.34 Å². The van der Waals surface area contributed by atoms with Crippen LogP contribution in [-0.2, 0) is 6.54 Å². The molecule has 74 valence electrons. The summed E-state index contributed by atoms with van der Waals surface area (Å²) in [5.41, 5.74) is 0. The Balaban J connectivity index is 2.49. The van der Waals surface area contributed by atoms with Gasteiger partial charge in [-0.15, -0.1) is 22.9 Å². The van der Waals surface area contributed by atoms with Gasteiger partial charge in [0.25, 0.3) is 0 Å². The molecule has 1 aromatic rings. The van der Waals surface area contributed by atoms with Crippen LogP contribution in [0.15, 0.2) is 12.1 Å². The van der Waals surface area contributed by atoms with Gasteiger partial charge in [0.05, 0.1) is 4.34 Å². The van der Waals surface area contributed by atoms with Gasteiger partial charge in [0.2, 0.25) is 0 Å². The van der Waals surface area contributed by atoms with Crippen LogP contribution in [0.3, 0.4) is 0 Å². The van der Waals surface area contributed by atoms with E-state index in [4.69, 9.17) is 23.2 Å². The molecule has 0 saturated carbocycles. The fourth-order valence-electron chi connectivity index (χ4n) is 0.956. The summed E-state index contributed by atoms with van der Waals surface area (Å²) in [5.74, 6) is 0.662. The van der Waals surface area contributed by atoms with Crippen LogP contribution in [0.5, 0.6) is 0 Å². The zero-order chi connectivity index (χ0) is 9.84. The summed E-state index contributed by atoms with van der Waals surface area (Å²) in [7, 11) is 2.07. The molecule has 1 nitrogen and oxygen atoms in total. The van der Waals surface area contributed by atoms with E-state index in [1.54, 1.807) is 11.3 Å². The molecule has 0 aromatic carbocycles. The predicted octanol–water partition coefficient (Wildman–Crippen LogP) is 3.46. The molecule has 0 aliphatic carbocycles. The highest BCUT2D eigenvalue weighted by Crippen LogP contribution is 2.22. The van der Waals surface area contributed by atoms with E-state index < -0.39 is 0 Å². The molecule has 13 heavy (non-hydrogen) atoms. The van der Waals surface area contributed by atoms with Crippen molar-refractivity contribution >= 4 is 34.5 Å². The van der Waals surface area contributed by atoms with E-state index in [0.29, 0.717) is 11.9 Å². The van der Waals surface area contributed by atoms with Gasteiger partial charge in [-0.2, -0.15) is 0 Å². The highest BCUT2D eigenvalue weighted by atomic mass is 35.5. The second-order valence-electron chi connectivity index (χ2n) is 3.12. The lowest BCUT2D eigenvalue weighted by Gasteiger charge is -2.21. The number of rotatable bonds is 4. The number of hydrogen-bond acceptors (Lipinski definition) is 2. The first kappa shape index (κ1) is 11.3. The Hall–Kier alpha value is 0.240. The molecule has 1 aromatic heterocycles. The second-order valence-corrected chi connectivity index (χ2v) is 5.23. The fraction of sp³-hybridized carbons (Fsp3) is 0.556. The molecule has 0 amide bonds. The third-order valence-corrected chi connectivity index (χ3v) is 3.67. The Morgan fingerprint density at radius 3 is 2.69 bits per heavy atom. The maximum Gasteiger partial charge on any atom is 0.0931 e. The molecule has 0 N–H and O–H groups in total. The Kier molecular flexibility index (Phi) is 4.53. The second kappa shape index (κ2) is 5.20. The summed E-state index contributed by atoms with van der Waals surface area (Å²) in [4.78, 5) is 3.50. The molecule has 0 spiro atoms. The van der Waals surface area contributed by atoms with E-state index in [2.05, 4.69) is 24.9 Å². The number of halogens is 2. The summed E-state index contributed by atoms with van der Waals surface area (Å²) in [5, 5.41) is 0. The van der Waals surface area contributed by atoms with E-state index in [1.165, 1.54) is 4.88 Å². The zero-order valence-electron chi connectivity index (χ0n) is 7.76. The number of alkyl halides is 1.